The van der Waals surface area contributed by atoms with Crippen LogP contribution in [0.2, 0.25) is 0 Å². The van der Waals surface area contributed by atoms with Crippen molar-refractivity contribution in [2.24, 2.45) is 4.99 Å². The summed E-state index contributed by atoms with van der Waals surface area (Å²) in [7, 11) is 6.29. The third kappa shape index (κ3) is 6.46. The van der Waals surface area contributed by atoms with Gasteiger partial charge in [-0.1, -0.05) is 6.07 Å². The Morgan fingerprint density at radius 1 is 1.09 bits per heavy atom. The number of rotatable bonds is 8. The summed E-state index contributed by atoms with van der Waals surface area (Å²) >= 11 is 0. The van der Waals surface area contributed by atoms with Crippen LogP contribution in [0.15, 0.2) is 23.2 Å². The maximum Gasteiger partial charge on any atom is 0.307 e. The predicted octanol–water partition coefficient (Wildman–Crippen LogP) is 0.974. The van der Waals surface area contributed by atoms with Gasteiger partial charge in [-0.15, -0.1) is 0 Å². The minimum absolute atomic E-state index is 0.252. The quantitative estimate of drug-likeness (QED) is 0.422. The van der Waals surface area contributed by atoms with Crippen molar-refractivity contribution in [3.8, 4) is 11.5 Å². The van der Waals surface area contributed by atoms with E-state index in [4.69, 9.17) is 9.47 Å². The van der Waals surface area contributed by atoms with Gasteiger partial charge in [0, 0.05) is 20.1 Å². The van der Waals surface area contributed by atoms with E-state index in [9.17, 15) is 4.79 Å². The molecule has 0 heterocycles. The molecular weight excluding hydrogens is 298 g/mol. The van der Waals surface area contributed by atoms with Gasteiger partial charge in [0.05, 0.1) is 27.8 Å². The fourth-order valence-electron chi connectivity index (χ4n) is 1.97. The third-order valence-corrected chi connectivity index (χ3v) is 3.23. The number of hydrogen-bond donors (Lipinski definition) is 2. The molecule has 0 saturated carbocycles. The summed E-state index contributed by atoms with van der Waals surface area (Å²) in [5.41, 5.74) is 1.13. The number of benzene rings is 1. The molecule has 0 aliphatic rings. The Kier molecular flexibility index (Phi) is 8.34. The van der Waals surface area contributed by atoms with E-state index in [2.05, 4.69) is 20.4 Å². The lowest BCUT2D eigenvalue weighted by Gasteiger charge is -2.12. The highest BCUT2D eigenvalue weighted by molar-refractivity contribution is 5.80. The van der Waals surface area contributed by atoms with Gasteiger partial charge in [-0.25, -0.2) is 0 Å². The first kappa shape index (κ1) is 18.6. The van der Waals surface area contributed by atoms with Crippen molar-refractivity contribution < 1.29 is 19.0 Å². The van der Waals surface area contributed by atoms with E-state index in [0.717, 1.165) is 12.0 Å². The van der Waals surface area contributed by atoms with Gasteiger partial charge in [0.2, 0.25) is 0 Å². The summed E-state index contributed by atoms with van der Waals surface area (Å²) in [6.07, 6.45) is 1.10. The summed E-state index contributed by atoms with van der Waals surface area (Å²) in [5, 5.41) is 6.25. The van der Waals surface area contributed by atoms with Crippen LogP contribution in [0.1, 0.15) is 12.0 Å². The molecule has 0 aliphatic heterocycles. The molecule has 2 N–H and O–H groups in total. The second-order valence-electron chi connectivity index (χ2n) is 4.69. The molecule has 23 heavy (non-hydrogen) atoms. The van der Waals surface area contributed by atoms with E-state index < -0.39 is 0 Å². The Balaban J connectivity index is 2.41. The first-order valence-electron chi connectivity index (χ1n) is 7.36. The van der Waals surface area contributed by atoms with E-state index in [1.54, 1.807) is 21.3 Å². The SMILES string of the molecule is CN=C(NCCC(=O)OC)NCCc1ccc(OC)c(OC)c1. The number of ether oxygens (including phenoxy) is 3. The van der Waals surface area contributed by atoms with Crippen LogP contribution in [-0.4, -0.2) is 53.4 Å². The molecule has 0 aromatic heterocycles. The summed E-state index contributed by atoms with van der Waals surface area (Å²) < 4.78 is 15.1. The number of nitrogens with one attached hydrogen (secondary N) is 2. The molecule has 0 atom stereocenters. The highest BCUT2D eigenvalue weighted by Gasteiger charge is 2.05. The molecule has 7 nitrogen and oxygen atoms in total. The number of guanidine groups is 1. The molecule has 1 rings (SSSR count). The Bertz CT molecular complexity index is 532. The Labute approximate surface area is 137 Å². The van der Waals surface area contributed by atoms with Gasteiger partial charge in [0.1, 0.15) is 0 Å². The molecule has 0 saturated heterocycles. The van der Waals surface area contributed by atoms with Crippen LogP contribution in [0.25, 0.3) is 0 Å². The van der Waals surface area contributed by atoms with Crippen molar-refractivity contribution >= 4 is 11.9 Å². The summed E-state index contributed by atoms with van der Waals surface area (Å²) in [6, 6.07) is 5.84. The number of carbonyl (C=O) groups is 1. The van der Waals surface area contributed by atoms with Gasteiger partial charge in [0.25, 0.3) is 0 Å². The third-order valence-electron chi connectivity index (χ3n) is 3.23. The first-order valence-corrected chi connectivity index (χ1v) is 7.36. The lowest BCUT2D eigenvalue weighted by molar-refractivity contribution is -0.140. The van der Waals surface area contributed by atoms with Crippen molar-refractivity contribution in [3.63, 3.8) is 0 Å². The zero-order chi connectivity index (χ0) is 17.1. The lowest BCUT2D eigenvalue weighted by Crippen LogP contribution is -2.39. The molecule has 0 unspecified atom stereocenters. The van der Waals surface area contributed by atoms with Crippen LogP contribution in [0, 0.1) is 0 Å². The van der Waals surface area contributed by atoms with Crippen molar-refractivity contribution in [2.75, 3.05) is 41.5 Å². The molecule has 0 spiro atoms. The minimum atomic E-state index is -0.252. The Morgan fingerprint density at radius 2 is 1.78 bits per heavy atom. The van der Waals surface area contributed by atoms with E-state index in [1.165, 1.54) is 7.11 Å². The fourth-order valence-corrected chi connectivity index (χ4v) is 1.97. The monoisotopic (exact) mass is 323 g/mol. The molecule has 128 valence electrons. The van der Waals surface area contributed by atoms with Gasteiger partial charge in [0.15, 0.2) is 17.5 Å². The number of hydrogen-bond acceptors (Lipinski definition) is 5. The van der Waals surface area contributed by atoms with E-state index >= 15 is 0 Å². The van der Waals surface area contributed by atoms with E-state index in [1.807, 2.05) is 18.2 Å². The highest BCUT2D eigenvalue weighted by Crippen LogP contribution is 2.27. The molecule has 0 amide bonds. The second-order valence-corrected chi connectivity index (χ2v) is 4.69. The lowest BCUT2D eigenvalue weighted by atomic mass is 10.1. The molecule has 0 radical (unpaired) electrons. The molecule has 0 aliphatic carbocycles. The molecule has 0 bridgehead atoms. The summed E-state index contributed by atoms with van der Waals surface area (Å²) in [6.45, 7) is 1.18. The Hall–Kier alpha value is -2.44. The normalized spacial score (nSPS) is 10.9. The number of carbonyl (C=O) groups excluding carboxylic acids is 1. The average molecular weight is 323 g/mol. The molecule has 1 aromatic rings. The first-order chi connectivity index (χ1) is 11.1. The molecule has 0 fully saturated rings. The van der Waals surface area contributed by atoms with E-state index in [0.29, 0.717) is 37.0 Å². The van der Waals surface area contributed by atoms with Crippen LogP contribution >= 0.6 is 0 Å². The fraction of sp³-hybridized carbons (Fsp3) is 0.500. The van der Waals surface area contributed by atoms with Crippen molar-refractivity contribution in [2.45, 2.75) is 12.8 Å². The van der Waals surface area contributed by atoms with Crippen molar-refractivity contribution in [1.82, 2.24) is 10.6 Å². The maximum absolute atomic E-state index is 11.0. The van der Waals surface area contributed by atoms with Gasteiger partial charge in [-0.2, -0.15) is 0 Å². The van der Waals surface area contributed by atoms with Crippen molar-refractivity contribution in [3.05, 3.63) is 23.8 Å². The number of esters is 1. The van der Waals surface area contributed by atoms with Gasteiger partial charge in [-0.3, -0.25) is 9.79 Å². The highest BCUT2D eigenvalue weighted by atomic mass is 16.5. The number of nitrogens with zero attached hydrogens (tertiary/aromatic N) is 1. The van der Waals surface area contributed by atoms with Gasteiger partial charge in [-0.05, 0) is 24.1 Å². The zero-order valence-corrected chi connectivity index (χ0v) is 14.1. The summed E-state index contributed by atoms with van der Waals surface area (Å²) in [4.78, 5) is 15.1. The van der Waals surface area contributed by atoms with E-state index in [-0.39, 0.29) is 5.97 Å². The van der Waals surface area contributed by atoms with Crippen molar-refractivity contribution in [1.29, 1.82) is 0 Å². The van der Waals surface area contributed by atoms with Gasteiger partial charge < -0.3 is 24.8 Å². The predicted molar refractivity (Wildman–Crippen MR) is 89.2 cm³/mol. The molecule has 1 aromatic carbocycles. The van der Waals surface area contributed by atoms with Crippen LogP contribution in [0.5, 0.6) is 11.5 Å². The van der Waals surface area contributed by atoms with Crippen LogP contribution in [0.3, 0.4) is 0 Å². The largest absolute Gasteiger partial charge is 0.493 e. The average Bonchev–Trinajstić information content (AvgIpc) is 2.59. The maximum atomic E-state index is 11.0. The topological polar surface area (TPSA) is 81.2 Å². The number of aliphatic imine (C=N–C) groups is 1. The zero-order valence-electron chi connectivity index (χ0n) is 14.1. The van der Waals surface area contributed by atoms with Crippen LogP contribution in [-0.2, 0) is 16.0 Å². The van der Waals surface area contributed by atoms with Gasteiger partial charge >= 0.3 is 5.97 Å². The smallest absolute Gasteiger partial charge is 0.307 e. The minimum Gasteiger partial charge on any atom is -0.493 e. The number of methoxy groups -OCH3 is 3. The summed E-state index contributed by atoms with van der Waals surface area (Å²) in [5.74, 6) is 1.82. The molecular formula is C16H25N3O4. The van der Waals surface area contributed by atoms with Crippen LogP contribution < -0.4 is 20.1 Å². The second kappa shape index (κ2) is 10.3. The van der Waals surface area contributed by atoms with Crippen LogP contribution in [0.4, 0.5) is 0 Å². The Morgan fingerprint density at radius 3 is 2.39 bits per heavy atom. The standard InChI is InChI=1S/C16H25N3O4/c1-17-16(19-10-8-15(20)23-4)18-9-7-12-5-6-13(21-2)14(11-12)22-3/h5-6,11H,7-10H2,1-4H3,(H2,17,18,19). The molecule has 7 heteroatoms.